The van der Waals surface area contributed by atoms with E-state index in [-0.39, 0.29) is 11.3 Å². The van der Waals surface area contributed by atoms with E-state index in [1.807, 2.05) is 0 Å². The van der Waals surface area contributed by atoms with Crippen molar-refractivity contribution in [1.29, 1.82) is 0 Å². The van der Waals surface area contributed by atoms with Crippen LogP contribution in [-0.4, -0.2) is 5.91 Å². The molecular weight excluding hydrogens is 288 g/mol. The molecule has 1 amide bonds. The number of amides is 1. The summed E-state index contributed by atoms with van der Waals surface area (Å²) in [5.74, 6) is -2.13. The maximum atomic E-state index is 13.3. The lowest BCUT2D eigenvalue weighted by Crippen LogP contribution is -2.17. The van der Waals surface area contributed by atoms with Gasteiger partial charge in [0.2, 0.25) is 0 Å². The fraction of sp³-hybridized carbons (Fsp3) is 0.0714. The maximum Gasteiger partial charge on any atom is 0.421 e. The Morgan fingerprint density at radius 3 is 2.24 bits per heavy atom. The van der Waals surface area contributed by atoms with Crippen LogP contribution in [-0.2, 0) is 6.18 Å². The van der Waals surface area contributed by atoms with Crippen molar-refractivity contribution < 1.29 is 22.4 Å². The molecule has 110 valence electrons. The quantitative estimate of drug-likeness (QED) is 0.656. The third kappa shape index (κ3) is 3.13. The number of nitrogens with two attached hydrogens (primary N) is 1. The Kier molecular flexibility index (Phi) is 3.84. The first kappa shape index (κ1) is 14.8. The number of carbonyl (C=O) groups is 1. The van der Waals surface area contributed by atoms with Gasteiger partial charge >= 0.3 is 6.18 Å². The van der Waals surface area contributed by atoms with Crippen molar-refractivity contribution in [3.63, 3.8) is 0 Å². The zero-order valence-electron chi connectivity index (χ0n) is 10.5. The number of hydrogen-bond acceptors (Lipinski definition) is 2. The summed E-state index contributed by atoms with van der Waals surface area (Å²) in [5, 5.41) is 2.24. The first-order valence-corrected chi connectivity index (χ1v) is 5.82. The highest BCUT2D eigenvalue weighted by Crippen LogP contribution is 2.38. The molecule has 0 spiro atoms. The van der Waals surface area contributed by atoms with Crippen molar-refractivity contribution >= 4 is 17.3 Å². The summed E-state index contributed by atoms with van der Waals surface area (Å²) in [5.41, 5.74) is 2.83. The van der Waals surface area contributed by atoms with Crippen LogP contribution < -0.4 is 11.1 Å². The van der Waals surface area contributed by atoms with Gasteiger partial charge in [-0.1, -0.05) is 18.2 Å². The lowest BCUT2D eigenvalue weighted by atomic mass is 10.1. The smallest absolute Gasteiger partial charge is 0.396 e. The number of nitrogens with one attached hydrogen (secondary N) is 1. The summed E-state index contributed by atoms with van der Waals surface area (Å²) in [7, 11) is 0. The third-order valence-corrected chi connectivity index (χ3v) is 2.76. The highest BCUT2D eigenvalue weighted by molar-refractivity contribution is 6.05. The van der Waals surface area contributed by atoms with Gasteiger partial charge in [-0.25, -0.2) is 4.39 Å². The summed E-state index contributed by atoms with van der Waals surface area (Å²) < 4.78 is 51.4. The van der Waals surface area contributed by atoms with Gasteiger partial charge in [-0.3, -0.25) is 4.79 Å². The van der Waals surface area contributed by atoms with Gasteiger partial charge in [-0.15, -0.1) is 0 Å². The van der Waals surface area contributed by atoms with Crippen molar-refractivity contribution in [3.05, 3.63) is 59.4 Å². The minimum absolute atomic E-state index is 0.245. The molecule has 0 radical (unpaired) electrons. The van der Waals surface area contributed by atoms with E-state index >= 15 is 0 Å². The number of hydrogen-bond donors (Lipinski definition) is 2. The Bertz CT molecular complexity index is 669. The van der Waals surface area contributed by atoms with Gasteiger partial charge in [0.25, 0.3) is 5.91 Å². The number of halogens is 4. The van der Waals surface area contributed by atoms with E-state index in [1.165, 1.54) is 12.1 Å². The second-order valence-corrected chi connectivity index (χ2v) is 4.20. The molecule has 0 saturated heterocycles. The number of nitrogen functional groups attached to an aromatic ring is 1. The predicted molar refractivity (Wildman–Crippen MR) is 70.2 cm³/mol. The Hall–Kier alpha value is -2.57. The summed E-state index contributed by atoms with van der Waals surface area (Å²) >= 11 is 0. The van der Waals surface area contributed by atoms with Gasteiger partial charge in [-0.05, 0) is 24.3 Å². The van der Waals surface area contributed by atoms with E-state index in [4.69, 9.17) is 5.73 Å². The monoisotopic (exact) mass is 298 g/mol. The lowest BCUT2D eigenvalue weighted by molar-refractivity contribution is -0.139. The molecule has 0 aromatic heterocycles. The Morgan fingerprint density at radius 1 is 1.05 bits per heavy atom. The van der Waals surface area contributed by atoms with E-state index in [1.54, 1.807) is 18.2 Å². The van der Waals surface area contributed by atoms with E-state index in [9.17, 15) is 22.4 Å². The van der Waals surface area contributed by atoms with Crippen LogP contribution in [0.25, 0.3) is 0 Å². The molecule has 0 aliphatic heterocycles. The maximum absolute atomic E-state index is 13.3. The first-order valence-electron chi connectivity index (χ1n) is 5.82. The zero-order valence-corrected chi connectivity index (χ0v) is 10.5. The Balaban J connectivity index is 2.36. The lowest BCUT2D eigenvalue weighted by Gasteiger charge is -2.15. The fourth-order valence-electron chi connectivity index (χ4n) is 1.77. The van der Waals surface area contributed by atoms with Crippen molar-refractivity contribution in [2.75, 3.05) is 11.1 Å². The van der Waals surface area contributed by atoms with E-state index in [2.05, 4.69) is 5.32 Å². The largest absolute Gasteiger partial charge is 0.421 e. The molecule has 0 aliphatic rings. The van der Waals surface area contributed by atoms with E-state index in [0.717, 1.165) is 6.07 Å². The van der Waals surface area contributed by atoms with Crippen LogP contribution in [0.1, 0.15) is 15.9 Å². The highest BCUT2D eigenvalue weighted by atomic mass is 19.4. The zero-order chi connectivity index (χ0) is 15.6. The summed E-state index contributed by atoms with van der Waals surface area (Å²) in [6.45, 7) is 0. The van der Waals surface area contributed by atoms with Gasteiger partial charge in [0.1, 0.15) is 11.4 Å². The van der Waals surface area contributed by atoms with Crippen LogP contribution >= 0.6 is 0 Å². The second kappa shape index (κ2) is 5.43. The van der Waals surface area contributed by atoms with Crippen molar-refractivity contribution in [2.45, 2.75) is 6.18 Å². The second-order valence-electron chi connectivity index (χ2n) is 4.20. The minimum atomic E-state index is -4.94. The Morgan fingerprint density at radius 2 is 1.67 bits per heavy atom. The molecule has 2 aromatic rings. The minimum Gasteiger partial charge on any atom is -0.396 e. The summed E-state index contributed by atoms with van der Waals surface area (Å²) in [4.78, 5) is 11.9. The van der Waals surface area contributed by atoms with Crippen molar-refractivity contribution in [3.8, 4) is 0 Å². The average molecular weight is 298 g/mol. The van der Waals surface area contributed by atoms with E-state index in [0.29, 0.717) is 6.07 Å². The molecule has 0 saturated carbocycles. The van der Waals surface area contributed by atoms with Crippen LogP contribution in [0.3, 0.4) is 0 Å². The third-order valence-electron chi connectivity index (χ3n) is 2.76. The van der Waals surface area contributed by atoms with Crippen LogP contribution in [0.5, 0.6) is 0 Å². The van der Waals surface area contributed by atoms with Gasteiger partial charge in [0.15, 0.2) is 0 Å². The van der Waals surface area contributed by atoms with Gasteiger partial charge in [0, 0.05) is 5.56 Å². The van der Waals surface area contributed by atoms with E-state index < -0.39 is 29.2 Å². The number of benzene rings is 2. The molecule has 21 heavy (non-hydrogen) atoms. The van der Waals surface area contributed by atoms with Gasteiger partial charge < -0.3 is 11.1 Å². The van der Waals surface area contributed by atoms with Crippen LogP contribution in [0.2, 0.25) is 0 Å². The van der Waals surface area contributed by atoms with Gasteiger partial charge in [0.05, 0.1) is 11.4 Å². The van der Waals surface area contributed by atoms with Crippen molar-refractivity contribution in [1.82, 2.24) is 0 Å². The highest BCUT2D eigenvalue weighted by Gasteiger charge is 2.37. The molecule has 0 bridgehead atoms. The Labute approximate surface area is 117 Å². The number of alkyl halides is 3. The average Bonchev–Trinajstić information content (AvgIpc) is 2.41. The molecule has 0 fully saturated rings. The number of anilines is 2. The molecule has 0 heterocycles. The van der Waals surface area contributed by atoms with Crippen LogP contribution in [0.15, 0.2) is 42.5 Å². The molecule has 2 rings (SSSR count). The molecule has 0 atom stereocenters. The normalized spacial score (nSPS) is 11.2. The number of rotatable bonds is 2. The van der Waals surface area contributed by atoms with Crippen molar-refractivity contribution in [2.24, 2.45) is 0 Å². The molecule has 2 aromatic carbocycles. The molecular formula is C14H10F4N2O. The standard InChI is InChI=1S/C14H10F4N2O/c15-9-6-7-10(12(19)11(9)14(16,17)18)20-13(21)8-4-2-1-3-5-8/h1-7H,19H2,(H,20,21). The SMILES string of the molecule is Nc1c(NC(=O)c2ccccc2)ccc(F)c1C(F)(F)F. The van der Waals surface area contributed by atoms with Gasteiger partial charge in [-0.2, -0.15) is 13.2 Å². The number of carbonyl (C=O) groups excluding carboxylic acids is 1. The van der Waals surface area contributed by atoms with Crippen LogP contribution in [0.4, 0.5) is 28.9 Å². The topological polar surface area (TPSA) is 55.1 Å². The molecule has 3 nitrogen and oxygen atoms in total. The fourth-order valence-corrected chi connectivity index (χ4v) is 1.77. The molecule has 7 heteroatoms. The molecule has 3 N–H and O–H groups in total. The summed E-state index contributed by atoms with van der Waals surface area (Å²) in [6.07, 6.45) is -4.94. The van der Waals surface area contributed by atoms with Crippen LogP contribution in [0, 0.1) is 5.82 Å². The molecule has 0 unspecified atom stereocenters. The first-order chi connectivity index (χ1) is 9.80. The predicted octanol–water partition coefficient (Wildman–Crippen LogP) is 3.68. The summed E-state index contributed by atoms with van der Waals surface area (Å²) in [6, 6.07) is 9.46. The molecule has 0 aliphatic carbocycles.